The second-order valence-corrected chi connectivity index (χ2v) is 8.49. The molecule has 152 valence electrons. The third-order valence-electron chi connectivity index (χ3n) is 6.67. The molecular formula is C30H20O2. The van der Waals surface area contributed by atoms with Crippen molar-refractivity contribution >= 4 is 22.7 Å². The Kier molecular flexibility index (Phi) is 3.93. The lowest BCUT2D eigenvalue weighted by Crippen LogP contribution is -2.20. The van der Waals surface area contributed by atoms with E-state index in [-0.39, 0.29) is 11.6 Å². The van der Waals surface area contributed by atoms with Crippen LogP contribution in [0.3, 0.4) is 0 Å². The summed E-state index contributed by atoms with van der Waals surface area (Å²) in [6.07, 6.45) is 0. The molecule has 2 aliphatic rings. The van der Waals surface area contributed by atoms with E-state index in [1.165, 1.54) is 0 Å². The Balaban J connectivity index is 1.88. The number of ketones is 2. The highest BCUT2D eigenvalue weighted by molar-refractivity contribution is 6.27. The predicted octanol–water partition coefficient (Wildman–Crippen LogP) is 6.40. The van der Waals surface area contributed by atoms with Gasteiger partial charge < -0.3 is 0 Å². The molecule has 0 heterocycles. The van der Waals surface area contributed by atoms with E-state index in [9.17, 15) is 9.59 Å². The Bertz CT molecular complexity index is 1400. The predicted molar refractivity (Wildman–Crippen MR) is 127 cm³/mol. The molecule has 0 spiro atoms. The summed E-state index contributed by atoms with van der Waals surface area (Å²) < 4.78 is 0. The molecule has 0 N–H and O–H groups in total. The largest absolute Gasteiger partial charge is 0.289 e. The molecule has 32 heavy (non-hydrogen) atoms. The lowest BCUT2D eigenvalue weighted by atomic mass is 9.71. The monoisotopic (exact) mass is 412 g/mol. The average molecular weight is 412 g/mol. The van der Waals surface area contributed by atoms with Crippen LogP contribution in [0.25, 0.3) is 11.1 Å². The second kappa shape index (κ2) is 6.73. The lowest BCUT2D eigenvalue weighted by Gasteiger charge is -2.30. The highest BCUT2D eigenvalue weighted by Crippen LogP contribution is 2.48. The summed E-state index contributed by atoms with van der Waals surface area (Å²) in [6, 6.07) is 27.5. The topological polar surface area (TPSA) is 34.1 Å². The summed E-state index contributed by atoms with van der Waals surface area (Å²) in [4.78, 5) is 26.8. The van der Waals surface area contributed by atoms with Crippen molar-refractivity contribution in [3.63, 3.8) is 0 Å². The highest BCUT2D eigenvalue weighted by atomic mass is 16.1. The SMILES string of the molecule is Cc1cccc2c1/C(=C1\c3ccccc3C(=O)c3cccc(C)c31)c1ccccc1C2=O. The molecule has 2 aliphatic carbocycles. The van der Waals surface area contributed by atoms with Gasteiger partial charge in [-0.15, -0.1) is 0 Å². The van der Waals surface area contributed by atoms with Gasteiger partial charge in [0.15, 0.2) is 11.6 Å². The quantitative estimate of drug-likeness (QED) is 0.289. The maximum Gasteiger partial charge on any atom is 0.194 e. The zero-order chi connectivity index (χ0) is 22.0. The molecule has 4 aromatic carbocycles. The zero-order valence-corrected chi connectivity index (χ0v) is 17.9. The molecule has 0 amide bonds. The number of carbonyl (C=O) groups excluding carboxylic acids is 2. The van der Waals surface area contributed by atoms with Crippen molar-refractivity contribution in [2.24, 2.45) is 0 Å². The van der Waals surface area contributed by atoms with Crippen molar-refractivity contribution in [3.05, 3.63) is 141 Å². The van der Waals surface area contributed by atoms with Gasteiger partial charge in [-0.3, -0.25) is 9.59 Å². The van der Waals surface area contributed by atoms with Crippen LogP contribution in [0.2, 0.25) is 0 Å². The number of benzene rings is 4. The van der Waals surface area contributed by atoms with Gasteiger partial charge in [0.25, 0.3) is 0 Å². The van der Waals surface area contributed by atoms with Gasteiger partial charge >= 0.3 is 0 Å². The van der Waals surface area contributed by atoms with E-state index in [1.54, 1.807) is 0 Å². The first-order valence-electron chi connectivity index (χ1n) is 10.8. The van der Waals surface area contributed by atoms with Crippen molar-refractivity contribution in [2.45, 2.75) is 13.8 Å². The van der Waals surface area contributed by atoms with Gasteiger partial charge in [-0.1, -0.05) is 84.9 Å². The fraction of sp³-hybridized carbons (Fsp3) is 0.0667. The van der Waals surface area contributed by atoms with Gasteiger partial charge in [-0.25, -0.2) is 0 Å². The first kappa shape index (κ1) is 18.7. The molecule has 0 atom stereocenters. The molecule has 0 unspecified atom stereocenters. The maximum atomic E-state index is 13.4. The number of carbonyl (C=O) groups is 2. The Morgan fingerprint density at radius 2 is 0.750 bits per heavy atom. The minimum Gasteiger partial charge on any atom is -0.289 e. The Labute approximate surface area is 186 Å². The first-order chi connectivity index (χ1) is 15.6. The van der Waals surface area contributed by atoms with E-state index < -0.39 is 0 Å². The van der Waals surface area contributed by atoms with Crippen LogP contribution >= 0.6 is 0 Å². The molecular weight excluding hydrogens is 392 g/mol. The van der Waals surface area contributed by atoms with Crippen LogP contribution in [0.15, 0.2) is 84.9 Å². The molecule has 0 aromatic heterocycles. The van der Waals surface area contributed by atoms with Crippen molar-refractivity contribution < 1.29 is 9.59 Å². The standard InChI is InChI=1S/C30H20O2/c1-17-9-7-15-23-25(17)27(19-11-3-5-13-21(19)29(23)31)28-20-12-4-6-14-22(20)30(32)24-16-8-10-18(2)26(24)28/h3-16H,1-2H3/b28-27+. The van der Waals surface area contributed by atoms with Crippen LogP contribution in [0, 0.1) is 13.8 Å². The fourth-order valence-corrected chi connectivity index (χ4v) is 5.25. The van der Waals surface area contributed by atoms with Crippen LogP contribution in [0.4, 0.5) is 0 Å². The van der Waals surface area contributed by atoms with Crippen LogP contribution in [0.5, 0.6) is 0 Å². The molecule has 0 radical (unpaired) electrons. The summed E-state index contributed by atoms with van der Waals surface area (Å²) >= 11 is 0. The minimum absolute atomic E-state index is 0.0498. The van der Waals surface area contributed by atoms with Crippen LogP contribution in [-0.4, -0.2) is 11.6 Å². The number of rotatable bonds is 0. The smallest absolute Gasteiger partial charge is 0.194 e. The third-order valence-corrected chi connectivity index (χ3v) is 6.67. The molecule has 0 fully saturated rings. The summed E-state index contributed by atoms with van der Waals surface area (Å²) in [5.74, 6) is 0.0997. The molecule has 0 saturated heterocycles. The summed E-state index contributed by atoms with van der Waals surface area (Å²) in [6.45, 7) is 4.11. The van der Waals surface area contributed by atoms with Crippen molar-refractivity contribution in [3.8, 4) is 0 Å². The van der Waals surface area contributed by atoms with Gasteiger partial charge in [-0.2, -0.15) is 0 Å². The van der Waals surface area contributed by atoms with E-state index in [0.29, 0.717) is 11.1 Å². The summed E-state index contributed by atoms with van der Waals surface area (Å²) in [5, 5.41) is 0. The van der Waals surface area contributed by atoms with E-state index in [4.69, 9.17) is 0 Å². The molecule has 6 rings (SSSR count). The van der Waals surface area contributed by atoms with Gasteiger partial charge in [-0.05, 0) is 58.4 Å². The highest BCUT2D eigenvalue weighted by Gasteiger charge is 2.35. The Morgan fingerprint density at radius 1 is 0.406 bits per heavy atom. The number of fused-ring (bicyclic) bond motifs is 4. The summed E-state index contributed by atoms with van der Waals surface area (Å²) in [7, 11) is 0. The van der Waals surface area contributed by atoms with Crippen molar-refractivity contribution in [1.82, 2.24) is 0 Å². The maximum absolute atomic E-state index is 13.4. The molecule has 0 aliphatic heterocycles. The van der Waals surface area contributed by atoms with E-state index in [1.807, 2.05) is 72.8 Å². The Hall–Kier alpha value is -4.04. The van der Waals surface area contributed by atoms with Crippen molar-refractivity contribution in [2.75, 3.05) is 0 Å². The fourth-order valence-electron chi connectivity index (χ4n) is 5.25. The van der Waals surface area contributed by atoms with Crippen LogP contribution in [0.1, 0.15) is 65.2 Å². The molecule has 0 saturated carbocycles. The number of aryl methyl sites for hydroxylation is 2. The van der Waals surface area contributed by atoms with Gasteiger partial charge in [0.2, 0.25) is 0 Å². The lowest BCUT2D eigenvalue weighted by molar-refractivity contribution is 0.102. The molecule has 2 nitrogen and oxygen atoms in total. The number of hydrogen-bond acceptors (Lipinski definition) is 2. The normalized spacial score (nSPS) is 16.2. The first-order valence-corrected chi connectivity index (χ1v) is 10.8. The van der Waals surface area contributed by atoms with Crippen molar-refractivity contribution in [1.29, 1.82) is 0 Å². The zero-order valence-electron chi connectivity index (χ0n) is 17.9. The molecule has 2 heteroatoms. The Morgan fingerprint density at radius 3 is 1.16 bits per heavy atom. The minimum atomic E-state index is 0.0498. The average Bonchev–Trinajstić information content (AvgIpc) is 2.82. The van der Waals surface area contributed by atoms with E-state index >= 15 is 0 Å². The van der Waals surface area contributed by atoms with Gasteiger partial charge in [0, 0.05) is 22.3 Å². The number of hydrogen-bond donors (Lipinski definition) is 0. The van der Waals surface area contributed by atoms with Crippen LogP contribution < -0.4 is 0 Å². The second-order valence-electron chi connectivity index (χ2n) is 8.49. The van der Waals surface area contributed by atoms with E-state index in [2.05, 4.69) is 26.0 Å². The van der Waals surface area contributed by atoms with Gasteiger partial charge in [0.1, 0.15) is 0 Å². The van der Waals surface area contributed by atoms with Gasteiger partial charge in [0.05, 0.1) is 0 Å². The molecule has 0 bridgehead atoms. The third kappa shape index (κ3) is 2.41. The summed E-state index contributed by atoms with van der Waals surface area (Å²) in [5.41, 5.74) is 10.8. The molecule has 4 aromatic rings. The van der Waals surface area contributed by atoms with E-state index in [0.717, 1.165) is 55.7 Å². The van der Waals surface area contributed by atoms with Crippen LogP contribution in [-0.2, 0) is 0 Å².